The molecule has 110 valence electrons. The predicted octanol–water partition coefficient (Wildman–Crippen LogP) is 2.55. The lowest BCUT2D eigenvalue weighted by molar-refractivity contribution is 0.1000. The van der Waals surface area contributed by atoms with Gasteiger partial charge in [-0.2, -0.15) is 0 Å². The highest BCUT2D eigenvalue weighted by atomic mass is 16.1. The van der Waals surface area contributed by atoms with Crippen molar-refractivity contribution in [2.45, 2.75) is 26.8 Å². The van der Waals surface area contributed by atoms with E-state index in [2.05, 4.69) is 10.3 Å². The summed E-state index contributed by atoms with van der Waals surface area (Å²) in [7, 11) is 0. The second-order valence-electron chi connectivity index (χ2n) is 5.17. The zero-order chi connectivity index (χ0) is 15.6. The minimum Gasteiger partial charge on any atom is -0.399 e. The van der Waals surface area contributed by atoms with E-state index < -0.39 is 5.91 Å². The maximum Gasteiger partial charge on any atom is 0.252 e. The first-order valence-electron chi connectivity index (χ1n) is 6.78. The van der Waals surface area contributed by atoms with Crippen LogP contribution >= 0.6 is 0 Å². The fraction of sp³-hybridized carbons (Fsp3) is 0.250. The second kappa shape index (κ2) is 5.83. The van der Waals surface area contributed by atoms with E-state index in [9.17, 15) is 4.79 Å². The molecule has 1 amide bonds. The number of hydrogen-bond donors (Lipinski definition) is 3. The second-order valence-corrected chi connectivity index (χ2v) is 5.17. The van der Waals surface area contributed by atoms with E-state index in [1.807, 2.05) is 44.2 Å². The molecule has 0 aliphatic carbocycles. The van der Waals surface area contributed by atoms with E-state index in [1.165, 1.54) is 0 Å². The van der Waals surface area contributed by atoms with E-state index in [-0.39, 0.29) is 6.04 Å². The lowest BCUT2D eigenvalue weighted by atomic mass is 10.1. The molecular weight excluding hydrogens is 264 g/mol. The van der Waals surface area contributed by atoms with Gasteiger partial charge in [0.25, 0.3) is 5.91 Å². The Morgan fingerprint density at radius 3 is 2.43 bits per heavy atom. The number of aromatic nitrogens is 1. The summed E-state index contributed by atoms with van der Waals surface area (Å²) < 4.78 is 0. The summed E-state index contributed by atoms with van der Waals surface area (Å²) in [5.41, 5.74) is 15.6. The standard InChI is InChI=1S/C16H20N4O/c1-9-8-14(15(16(18)21)11(3)19-9)20-10(2)12-4-6-13(17)7-5-12/h4-8,10H,17H2,1-3H3,(H2,18,21)(H,19,20). The van der Waals surface area contributed by atoms with Gasteiger partial charge in [0.15, 0.2) is 0 Å². The van der Waals surface area contributed by atoms with Gasteiger partial charge in [-0.05, 0) is 44.5 Å². The number of nitrogens with zero attached hydrogens (tertiary/aromatic N) is 1. The molecular formula is C16H20N4O. The van der Waals surface area contributed by atoms with Gasteiger partial charge in [-0.15, -0.1) is 0 Å². The van der Waals surface area contributed by atoms with Crippen LogP contribution in [0.25, 0.3) is 0 Å². The van der Waals surface area contributed by atoms with Crippen LogP contribution in [-0.2, 0) is 0 Å². The highest BCUT2D eigenvalue weighted by molar-refractivity contribution is 5.99. The molecule has 0 spiro atoms. The number of anilines is 2. The van der Waals surface area contributed by atoms with Gasteiger partial charge in [0.2, 0.25) is 0 Å². The molecule has 5 nitrogen and oxygen atoms in total. The summed E-state index contributed by atoms with van der Waals surface area (Å²) in [6, 6.07) is 9.47. The Morgan fingerprint density at radius 1 is 1.24 bits per heavy atom. The van der Waals surface area contributed by atoms with Gasteiger partial charge < -0.3 is 16.8 Å². The molecule has 5 heteroatoms. The quantitative estimate of drug-likeness (QED) is 0.752. The molecule has 0 fully saturated rings. The van der Waals surface area contributed by atoms with Crippen LogP contribution in [0.5, 0.6) is 0 Å². The van der Waals surface area contributed by atoms with Crippen molar-refractivity contribution >= 4 is 17.3 Å². The number of rotatable bonds is 4. The molecule has 1 heterocycles. The maximum atomic E-state index is 11.6. The van der Waals surface area contributed by atoms with E-state index >= 15 is 0 Å². The van der Waals surface area contributed by atoms with Crippen LogP contribution in [0.3, 0.4) is 0 Å². The number of nitrogens with two attached hydrogens (primary N) is 2. The number of primary amides is 1. The summed E-state index contributed by atoms with van der Waals surface area (Å²) in [6.07, 6.45) is 0. The normalized spacial score (nSPS) is 12.0. The average molecular weight is 284 g/mol. The van der Waals surface area contributed by atoms with Crippen molar-refractivity contribution in [3.05, 3.63) is 52.8 Å². The largest absolute Gasteiger partial charge is 0.399 e. The van der Waals surface area contributed by atoms with Crippen molar-refractivity contribution in [3.63, 3.8) is 0 Å². The van der Waals surface area contributed by atoms with E-state index in [0.29, 0.717) is 16.9 Å². The Balaban J connectivity index is 2.34. The molecule has 2 rings (SSSR count). The fourth-order valence-electron chi connectivity index (χ4n) is 2.35. The highest BCUT2D eigenvalue weighted by Crippen LogP contribution is 2.25. The van der Waals surface area contributed by atoms with Crippen molar-refractivity contribution in [2.75, 3.05) is 11.1 Å². The third-order valence-corrected chi connectivity index (χ3v) is 3.38. The minimum atomic E-state index is -0.480. The van der Waals surface area contributed by atoms with Crippen molar-refractivity contribution in [2.24, 2.45) is 5.73 Å². The molecule has 0 aliphatic heterocycles. The third-order valence-electron chi connectivity index (χ3n) is 3.38. The molecule has 0 saturated carbocycles. The van der Waals surface area contributed by atoms with Gasteiger partial charge in [-0.25, -0.2) is 0 Å². The first-order valence-corrected chi connectivity index (χ1v) is 6.78. The van der Waals surface area contributed by atoms with E-state index in [1.54, 1.807) is 6.92 Å². The first kappa shape index (κ1) is 14.8. The topological polar surface area (TPSA) is 94.0 Å². The number of nitrogen functional groups attached to an aromatic ring is 1. The van der Waals surface area contributed by atoms with Gasteiger partial charge in [0.05, 0.1) is 16.9 Å². The Hall–Kier alpha value is -2.56. The molecule has 1 unspecified atom stereocenters. The Morgan fingerprint density at radius 2 is 1.86 bits per heavy atom. The average Bonchev–Trinajstić information content (AvgIpc) is 2.37. The van der Waals surface area contributed by atoms with E-state index in [4.69, 9.17) is 11.5 Å². The number of carbonyl (C=O) groups is 1. The molecule has 21 heavy (non-hydrogen) atoms. The van der Waals surface area contributed by atoms with Crippen molar-refractivity contribution < 1.29 is 4.79 Å². The van der Waals surface area contributed by atoms with Gasteiger partial charge in [0.1, 0.15) is 0 Å². The van der Waals surface area contributed by atoms with Crippen molar-refractivity contribution in [1.29, 1.82) is 0 Å². The molecule has 0 bridgehead atoms. The molecule has 0 radical (unpaired) electrons. The predicted molar refractivity (Wildman–Crippen MR) is 85.1 cm³/mol. The maximum absolute atomic E-state index is 11.6. The molecule has 1 atom stereocenters. The number of benzene rings is 1. The monoisotopic (exact) mass is 284 g/mol. The van der Waals surface area contributed by atoms with Crippen LogP contribution in [0.4, 0.5) is 11.4 Å². The van der Waals surface area contributed by atoms with Gasteiger partial charge in [-0.1, -0.05) is 12.1 Å². The van der Waals surface area contributed by atoms with Gasteiger partial charge >= 0.3 is 0 Å². The van der Waals surface area contributed by atoms with Crippen LogP contribution in [0.1, 0.15) is 40.3 Å². The third kappa shape index (κ3) is 3.31. The number of hydrogen-bond acceptors (Lipinski definition) is 4. The van der Waals surface area contributed by atoms with Gasteiger partial charge in [-0.3, -0.25) is 9.78 Å². The van der Waals surface area contributed by atoms with Gasteiger partial charge in [0, 0.05) is 17.4 Å². The first-order chi connectivity index (χ1) is 9.88. The van der Waals surface area contributed by atoms with Crippen LogP contribution in [-0.4, -0.2) is 10.9 Å². The van der Waals surface area contributed by atoms with Crippen LogP contribution in [0.15, 0.2) is 30.3 Å². The molecule has 1 aromatic carbocycles. The zero-order valence-corrected chi connectivity index (χ0v) is 12.5. The summed E-state index contributed by atoms with van der Waals surface area (Å²) in [5, 5.41) is 3.33. The summed E-state index contributed by atoms with van der Waals surface area (Å²) in [4.78, 5) is 15.9. The number of carbonyl (C=O) groups excluding carboxylic acids is 1. The summed E-state index contributed by atoms with van der Waals surface area (Å²) >= 11 is 0. The summed E-state index contributed by atoms with van der Waals surface area (Å²) in [6.45, 7) is 5.68. The molecule has 0 aliphatic rings. The molecule has 2 aromatic rings. The summed E-state index contributed by atoms with van der Waals surface area (Å²) in [5.74, 6) is -0.480. The lowest BCUT2D eigenvalue weighted by Crippen LogP contribution is -2.18. The Labute approximate surface area is 124 Å². The van der Waals surface area contributed by atoms with E-state index in [0.717, 1.165) is 16.9 Å². The Bertz CT molecular complexity index is 665. The molecule has 0 saturated heterocycles. The van der Waals surface area contributed by atoms with Crippen LogP contribution < -0.4 is 16.8 Å². The highest BCUT2D eigenvalue weighted by Gasteiger charge is 2.16. The van der Waals surface area contributed by atoms with Crippen LogP contribution in [0.2, 0.25) is 0 Å². The SMILES string of the molecule is Cc1cc(NC(C)c2ccc(N)cc2)c(C(N)=O)c(C)n1. The lowest BCUT2D eigenvalue weighted by Gasteiger charge is -2.19. The molecule has 5 N–H and O–H groups in total. The van der Waals surface area contributed by atoms with Crippen molar-refractivity contribution in [1.82, 2.24) is 4.98 Å². The minimum absolute atomic E-state index is 0.0184. The number of pyridine rings is 1. The molecule has 1 aromatic heterocycles. The Kier molecular flexibility index (Phi) is 4.12. The smallest absolute Gasteiger partial charge is 0.252 e. The number of amides is 1. The fourth-order valence-corrected chi connectivity index (χ4v) is 2.35. The zero-order valence-electron chi connectivity index (χ0n) is 12.5. The number of nitrogens with one attached hydrogen (secondary N) is 1. The van der Waals surface area contributed by atoms with Crippen molar-refractivity contribution in [3.8, 4) is 0 Å². The van der Waals surface area contributed by atoms with Crippen LogP contribution in [0, 0.1) is 13.8 Å². The number of aryl methyl sites for hydroxylation is 2.